The molecule has 0 spiro atoms. The molecule has 6 heteroatoms. The summed E-state index contributed by atoms with van der Waals surface area (Å²) >= 11 is 6.20. The molecule has 126 valence electrons. The van der Waals surface area contributed by atoms with Gasteiger partial charge in [-0.3, -0.25) is 10.1 Å². The van der Waals surface area contributed by atoms with E-state index in [4.69, 9.17) is 16.3 Å². The second kappa shape index (κ2) is 8.36. The molecule has 0 aliphatic carbocycles. The van der Waals surface area contributed by atoms with Gasteiger partial charge < -0.3 is 10.1 Å². The third-order valence-electron chi connectivity index (χ3n) is 3.07. The Hall–Kier alpha value is -2.53. The van der Waals surface area contributed by atoms with E-state index in [1.54, 1.807) is 26.0 Å². The number of nitrogens with one attached hydrogen (secondary N) is 2. The van der Waals surface area contributed by atoms with Crippen LogP contribution in [0.15, 0.2) is 48.5 Å². The maximum Gasteiger partial charge on any atom is 0.321 e. The van der Waals surface area contributed by atoms with E-state index in [-0.39, 0.29) is 12.6 Å². The highest BCUT2D eigenvalue weighted by molar-refractivity contribution is 6.32. The quantitative estimate of drug-likeness (QED) is 0.868. The van der Waals surface area contributed by atoms with Crippen LogP contribution in [0.5, 0.6) is 5.75 Å². The largest absolute Gasteiger partial charge is 0.482 e. The van der Waals surface area contributed by atoms with E-state index in [9.17, 15) is 9.59 Å². The van der Waals surface area contributed by atoms with Gasteiger partial charge in [-0.05, 0) is 37.1 Å². The Morgan fingerprint density at radius 3 is 2.42 bits per heavy atom. The first-order chi connectivity index (χ1) is 11.5. The Balaban J connectivity index is 1.94. The number of halogens is 1. The number of amides is 3. The third kappa shape index (κ3) is 5.28. The van der Waals surface area contributed by atoms with Gasteiger partial charge in [-0.1, -0.05) is 48.0 Å². The van der Waals surface area contributed by atoms with Crippen LogP contribution in [0.25, 0.3) is 11.1 Å². The Labute approximate surface area is 146 Å². The molecule has 0 saturated carbocycles. The maximum absolute atomic E-state index is 11.7. The highest BCUT2D eigenvalue weighted by Gasteiger charge is 2.11. The van der Waals surface area contributed by atoms with Crippen LogP contribution in [-0.2, 0) is 4.79 Å². The Morgan fingerprint density at radius 2 is 1.79 bits per heavy atom. The van der Waals surface area contributed by atoms with E-state index in [1.165, 1.54) is 0 Å². The molecule has 0 saturated heterocycles. The number of hydrogen-bond acceptors (Lipinski definition) is 3. The summed E-state index contributed by atoms with van der Waals surface area (Å²) in [4.78, 5) is 23.1. The number of hydrogen-bond donors (Lipinski definition) is 2. The number of benzene rings is 2. The van der Waals surface area contributed by atoms with Crippen molar-refractivity contribution >= 4 is 23.5 Å². The molecule has 0 aliphatic rings. The van der Waals surface area contributed by atoms with Gasteiger partial charge in [0, 0.05) is 6.04 Å². The fourth-order valence-electron chi connectivity index (χ4n) is 2.03. The highest BCUT2D eigenvalue weighted by Crippen LogP contribution is 2.30. The fourth-order valence-corrected chi connectivity index (χ4v) is 2.27. The molecule has 5 nitrogen and oxygen atoms in total. The van der Waals surface area contributed by atoms with Crippen molar-refractivity contribution < 1.29 is 14.3 Å². The van der Waals surface area contributed by atoms with E-state index >= 15 is 0 Å². The van der Waals surface area contributed by atoms with Crippen LogP contribution in [0.2, 0.25) is 5.02 Å². The SMILES string of the molecule is CC(C)NC(=O)NC(=O)COc1ccc(-c2ccccc2)cc1Cl. The minimum absolute atomic E-state index is 0.0568. The molecule has 0 bridgehead atoms. The molecular weight excluding hydrogens is 328 g/mol. The fraction of sp³-hybridized carbons (Fsp3) is 0.222. The average Bonchev–Trinajstić information content (AvgIpc) is 2.53. The standard InChI is InChI=1S/C18H19ClN2O3/c1-12(2)20-18(23)21-17(22)11-24-16-9-8-14(10-15(16)19)13-6-4-3-5-7-13/h3-10,12H,11H2,1-2H3,(H2,20,21,22,23). The summed E-state index contributed by atoms with van der Waals surface area (Å²) in [5.41, 5.74) is 1.99. The molecule has 2 N–H and O–H groups in total. The van der Waals surface area contributed by atoms with Crippen LogP contribution < -0.4 is 15.4 Å². The molecule has 2 rings (SSSR count). The van der Waals surface area contributed by atoms with Crippen LogP contribution in [0, 0.1) is 0 Å². The van der Waals surface area contributed by atoms with Crippen LogP contribution in [-0.4, -0.2) is 24.6 Å². The summed E-state index contributed by atoms with van der Waals surface area (Å²) in [5, 5.41) is 5.14. The van der Waals surface area contributed by atoms with Crippen molar-refractivity contribution in [3.05, 3.63) is 53.6 Å². The normalized spacial score (nSPS) is 10.3. The van der Waals surface area contributed by atoms with Gasteiger partial charge >= 0.3 is 6.03 Å². The number of urea groups is 1. The van der Waals surface area contributed by atoms with Crippen LogP contribution >= 0.6 is 11.6 Å². The lowest BCUT2D eigenvalue weighted by Crippen LogP contribution is -2.44. The van der Waals surface area contributed by atoms with Gasteiger partial charge in [0.25, 0.3) is 5.91 Å². The first-order valence-electron chi connectivity index (χ1n) is 7.54. The summed E-state index contributed by atoms with van der Waals surface area (Å²) < 4.78 is 5.37. The number of carbonyl (C=O) groups is 2. The second-order valence-electron chi connectivity index (χ2n) is 5.48. The number of carbonyl (C=O) groups excluding carboxylic acids is 2. The molecule has 2 aromatic rings. The first-order valence-corrected chi connectivity index (χ1v) is 7.91. The molecule has 0 aromatic heterocycles. The summed E-state index contributed by atoms with van der Waals surface area (Å²) in [5.74, 6) is -0.160. The highest BCUT2D eigenvalue weighted by atomic mass is 35.5. The molecule has 0 unspecified atom stereocenters. The van der Waals surface area contributed by atoms with Gasteiger partial charge in [-0.2, -0.15) is 0 Å². The third-order valence-corrected chi connectivity index (χ3v) is 3.37. The Kier molecular flexibility index (Phi) is 6.21. The van der Waals surface area contributed by atoms with E-state index in [0.717, 1.165) is 11.1 Å². The average molecular weight is 347 g/mol. The van der Waals surface area contributed by atoms with Crippen molar-refractivity contribution in [3.63, 3.8) is 0 Å². The lowest BCUT2D eigenvalue weighted by molar-refractivity contribution is -0.122. The zero-order chi connectivity index (χ0) is 17.5. The van der Waals surface area contributed by atoms with Gasteiger partial charge in [-0.15, -0.1) is 0 Å². The molecule has 3 amide bonds. The smallest absolute Gasteiger partial charge is 0.321 e. The lowest BCUT2D eigenvalue weighted by atomic mass is 10.1. The Morgan fingerprint density at radius 1 is 1.08 bits per heavy atom. The lowest BCUT2D eigenvalue weighted by Gasteiger charge is -2.11. The van der Waals surface area contributed by atoms with Gasteiger partial charge in [0.15, 0.2) is 6.61 Å². The van der Waals surface area contributed by atoms with Crippen molar-refractivity contribution in [2.75, 3.05) is 6.61 Å². The number of imide groups is 1. The van der Waals surface area contributed by atoms with Crippen molar-refractivity contribution in [2.24, 2.45) is 0 Å². The zero-order valence-corrected chi connectivity index (χ0v) is 14.3. The van der Waals surface area contributed by atoms with Gasteiger partial charge in [0.2, 0.25) is 0 Å². The predicted octanol–water partition coefficient (Wildman–Crippen LogP) is 3.62. The first kappa shape index (κ1) is 17.8. The number of ether oxygens (including phenoxy) is 1. The van der Waals surface area contributed by atoms with E-state index in [1.807, 2.05) is 36.4 Å². The molecule has 24 heavy (non-hydrogen) atoms. The summed E-state index contributed by atoms with van der Waals surface area (Å²) in [6.07, 6.45) is 0. The molecule has 0 aliphatic heterocycles. The van der Waals surface area contributed by atoms with Gasteiger partial charge in [0.05, 0.1) is 5.02 Å². The maximum atomic E-state index is 11.7. The van der Waals surface area contributed by atoms with Crippen LogP contribution in [0.3, 0.4) is 0 Å². The van der Waals surface area contributed by atoms with E-state index in [0.29, 0.717) is 10.8 Å². The minimum atomic E-state index is -0.552. The second-order valence-corrected chi connectivity index (χ2v) is 5.88. The summed E-state index contributed by atoms with van der Waals surface area (Å²) in [7, 11) is 0. The van der Waals surface area contributed by atoms with Crippen molar-refractivity contribution in [2.45, 2.75) is 19.9 Å². The molecule has 0 fully saturated rings. The molecule has 0 heterocycles. The van der Waals surface area contributed by atoms with Crippen LogP contribution in [0.1, 0.15) is 13.8 Å². The van der Waals surface area contributed by atoms with Crippen molar-refractivity contribution in [1.82, 2.24) is 10.6 Å². The van der Waals surface area contributed by atoms with E-state index < -0.39 is 11.9 Å². The Bertz CT molecular complexity index is 717. The van der Waals surface area contributed by atoms with Crippen molar-refractivity contribution in [1.29, 1.82) is 0 Å². The topological polar surface area (TPSA) is 67.4 Å². The molecule has 2 aromatic carbocycles. The molecule has 0 atom stereocenters. The van der Waals surface area contributed by atoms with Crippen LogP contribution in [0.4, 0.5) is 4.79 Å². The number of rotatable bonds is 5. The monoisotopic (exact) mass is 346 g/mol. The van der Waals surface area contributed by atoms with Gasteiger partial charge in [-0.25, -0.2) is 4.79 Å². The molecule has 0 radical (unpaired) electrons. The minimum Gasteiger partial charge on any atom is -0.482 e. The zero-order valence-electron chi connectivity index (χ0n) is 13.5. The van der Waals surface area contributed by atoms with Crippen molar-refractivity contribution in [3.8, 4) is 16.9 Å². The summed E-state index contributed by atoms with van der Waals surface area (Å²) in [6, 6.07) is 14.5. The predicted molar refractivity (Wildman–Crippen MR) is 94.2 cm³/mol. The van der Waals surface area contributed by atoms with Gasteiger partial charge in [0.1, 0.15) is 5.75 Å². The molecular formula is C18H19ClN2O3. The van der Waals surface area contributed by atoms with E-state index in [2.05, 4.69) is 10.6 Å². The summed E-state index contributed by atoms with van der Waals surface area (Å²) in [6.45, 7) is 3.30.